The molecule has 3 heterocycles. The number of nitriles is 1. The van der Waals surface area contributed by atoms with Crippen molar-refractivity contribution < 1.29 is 9.59 Å². The molecule has 0 amide bonds. The third-order valence-electron chi connectivity index (χ3n) is 4.47. The summed E-state index contributed by atoms with van der Waals surface area (Å²) >= 11 is 0. The van der Waals surface area contributed by atoms with Gasteiger partial charge in [-0.05, 0) is 24.3 Å². The van der Waals surface area contributed by atoms with Crippen molar-refractivity contribution in [3.63, 3.8) is 0 Å². The minimum absolute atomic E-state index is 0.0475. The van der Waals surface area contributed by atoms with Gasteiger partial charge in [-0.25, -0.2) is 9.97 Å². The zero-order valence-electron chi connectivity index (χ0n) is 14.8. The second kappa shape index (κ2) is 7.37. The van der Waals surface area contributed by atoms with Crippen LogP contribution in [0, 0.1) is 11.3 Å². The van der Waals surface area contributed by atoms with Crippen molar-refractivity contribution in [3.05, 3.63) is 71.4 Å². The van der Waals surface area contributed by atoms with Crippen LogP contribution in [0.2, 0.25) is 0 Å². The number of ketones is 2. The van der Waals surface area contributed by atoms with E-state index < -0.39 is 0 Å². The zero-order chi connectivity index (χ0) is 19.5. The summed E-state index contributed by atoms with van der Waals surface area (Å²) in [5, 5.41) is 8.79. The van der Waals surface area contributed by atoms with E-state index in [0.29, 0.717) is 34.4 Å². The number of imidazole rings is 1. The van der Waals surface area contributed by atoms with Crippen molar-refractivity contribution in [1.29, 1.82) is 5.26 Å². The number of nitrogens with zero attached hydrogens (tertiary/aromatic N) is 4. The number of H-pyrrole nitrogens is 1. The average molecular weight is 369 g/mol. The molecule has 0 atom stereocenters. The first-order valence-corrected chi connectivity index (χ1v) is 8.75. The molecule has 0 spiro atoms. The van der Waals surface area contributed by atoms with E-state index in [0.717, 1.165) is 5.71 Å². The fraction of sp³-hybridized carbons (Fsp3) is 0.143. The Hall–Kier alpha value is -3.92. The summed E-state index contributed by atoms with van der Waals surface area (Å²) in [4.78, 5) is 40.8. The molecule has 28 heavy (non-hydrogen) atoms. The monoisotopic (exact) mass is 369 g/mol. The first-order valence-electron chi connectivity index (χ1n) is 8.75. The predicted molar refractivity (Wildman–Crippen MR) is 103 cm³/mol. The van der Waals surface area contributed by atoms with Gasteiger partial charge < -0.3 is 4.98 Å². The number of aromatic nitrogens is 3. The van der Waals surface area contributed by atoms with Gasteiger partial charge in [0, 0.05) is 42.1 Å². The van der Waals surface area contributed by atoms with E-state index in [1.807, 2.05) is 18.2 Å². The van der Waals surface area contributed by atoms with Crippen LogP contribution in [0.25, 0.3) is 11.0 Å². The van der Waals surface area contributed by atoms with Gasteiger partial charge in [0.05, 0.1) is 17.5 Å². The van der Waals surface area contributed by atoms with E-state index in [-0.39, 0.29) is 30.1 Å². The number of Topliss-reactive ketones (excluding diaryl/α,β-unsaturated/α-hetero) is 2. The summed E-state index contributed by atoms with van der Waals surface area (Å²) in [6.45, 7) is 0. The van der Waals surface area contributed by atoms with E-state index in [1.54, 1.807) is 24.4 Å². The van der Waals surface area contributed by atoms with Crippen LogP contribution in [0.15, 0.2) is 53.8 Å². The summed E-state index contributed by atoms with van der Waals surface area (Å²) in [6.07, 6.45) is 6.01. The number of carbonyl (C=O) groups excluding carboxylic acids is 2. The third kappa shape index (κ3) is 3.48. The Morgan fingerprint density at radius 2 is 2.04 bits per heavy atom. The molecule has 1 aromatic carbocycles. The number of para-hydroxylation sites is 1. The van der Waals surface area contributed by atoms with Gasteiger partial charge in [0.15, 0.2) is 11.6 Å². The molecule has 0 radical (unpaired) electrons. The van der Waals surface area contributed by atoms with Crippen LogP contribution in [0.1, 0.15) is 45.1 Å². The van der Waals surface area contributed by atoms with Crippen molar-refractivity contribution in [1.82, 2.24) is 15.0 Å². The van der Waals surface area contributed by atoms with Gasteiger partial charge in [0.1, 0.15) is 17.6 Å². The number of pyridine rings is 1. The van der Waals surface area contributed by atoms with Gasteiger partial charge in [-0.2, -0.15) is 5.26 Å². The predicted octanol–water partition coefficient (Wildman–Crippen LogP) is 3.19. The Labute approximate surface area is 160 Å². The van der Waals surface area contributed by atoms with Crippen LogP contribution in [-0.4, -0.2) is 32.2 Å². The maximum Gasteiger partial charge on any atom is 0.171 e. The fourth-order valence-corrected chi connectivity index (χ4v) is 3.07. The summed E-state index contributed by atoms with van der Waals surface area (Å²) < 4.78 is 0. The van der Waals surface area contributed by atoms with E-state index >= 15 is 0 Å². The highest BCUT2D eigenvalue weighted by molar-refractivity contribution is 6.15. The van der Waals surface area contributed by atoms with Gasteiger partial charge in [-0.15, -0.1) is 0 Å². The molecule has 7 nitrogen and oxygen atoms in total. The molecule has 0 saturated heterocycles. The van der Waals surface area contributed by atoms with Crippen LogP contribution in [0.3, 0.4) is 0 Å². The Morgan fingerprint density at radius 3 is 2.75 bits per heavy atom. The minimum Gasteiger partial charge on any atom is -0.342 e. The lowest BCUT2D eigenvalue weighted by atomic mass is 10.0. The maximum absolute atomic E-state index is 12.7. The molecule has 0 aliphatic carbocycles. The van der Waals surface area contributed by atoms with E-state index in [9.17, 15) is 9.59 Å². The maximum atomic E-state index is 12.7. The van der Waals surface area contributed by atoms with E-state index in [2.05, 4.69) is 19.9 Å². The van der Waals surface area contributed by atoms with E-state index in [1.165, 1.54) is 12.3 Å². The second-order valence-electron chi connectivity index (χ2n) is 6.41. The molecular weight excluding hydrogens is 354 g/mol. The average Bonchev–Trinajstić information content (AvgIpc) is 3.36. The lowest BCUT2D eigenvalue weighted by molar-refractivity contribution is 0.0987. The molecule has 1 N–H and O–H groups in total. The highest BCUT2D eigenvalue weighted by atomic mass is 16.1. The lowest BCUT2D eigenvalue weighted by Crippen LogP contribution is -2.07. The smallest absolute Gasteiger partial charge is 0.171 e. The van der Waals surface area contributed by atoms with Crippen LogP contribution in [0.4, 0.5) is 0 Å². The van der Waals surface area contributed by atoms with Gasteiger partial charge in [0.25, 0.3) is 0 Å². The summed E-state index contributed by atoms with van der Waals surface area (Å²) in [5.74, 6) is 0.258. The Kier molecular flexibility index (Phi) is 4.60. The third-order valence-corrected chi connectivity index (χ3v) is 4.47. The first-order chi connectivity index (χ1) is 13.6. The Balaban J connectivity index is 1.56. The number of hydrogen-bond donors (Lipinski definition) is 1. The van der Waals surface area contributed by atoms with E-state index in [4.69, 9.17) is 5.26 Å². The molecule has 1 aliphatic heterocycles. The molecule has 4 rings (SSSR count). The zero-order valence-corrected chi connectivity index (χ0v) is 14.8. The lowest BCUT2D eigenvalue weighted by Gasteiger charge is -2.01. The van der Waals surface area contributed by atoms with Gasteiger partial charge >= 0.3 is 0 Å². The SMILES string of the molecule is N#Cc1ccc(C(=O)Cc2nc3c(C(=O)CC4=NC=CC4)cccc3[nH]2)cn1. The molecule has 1 aliphatic rings. The largest absolute Gasteiger partial charge is 0.342 e. The van der Waals surface area contributed by atoms with Gasteiger partial charge in [-0.1, -0.05) is 12.1 Å². The summed E-state index contributed by atoms with van der Waals surface area (Å²) in [5.41, 5.74) is 3.27. The number of allylic oxidation sites excluding steroid dienone is 1. The van der Waals surface area contributed by atoms with Gasteiger partial charge in [0.2, 0.25) is 0 Å². The normalized spacial score (nSPS) is 12.8. The molecule has 7 heteroatoms. The standard InChI is InChI=1S/C21H15N5O2/c22-11-15-7-6-13(12-24-15)18(27)10-20-25-17-5-1-4-16(21(17)26-20)19(28)9-14-3-2-8-23-14/h1-2,4-8,12H,3,9-10H2,(H,25,26). The molecule has 136 valence electrons. The molecule has 0 bridgehead atoms. The van der Waals surface area contributed by atoms with Crippen molar-refractivity contribution in [2.24, 2.45) is 4.99 Å². The highest BCUT2D eigenvalue weighted by Crippen LogP contribution is 2.20. The number of aliphatic imine (C=N–C) groups is 1. The van der Waals surface area contributed by atoms with Gasteiger partial charge in [-0.3, -0.25) is 14.6 Å². The number of carbonyl (C=O) groups is 2. The van der Waals surface area contributed by atoms with Crippen LogP contribution < -0.4 is 0 Å². The molecule has 0 fully saturated rings. The Bertz CT molecular complexity index is 1180. The second-order valence-corrected chi connectivity index (χ2v) is 6.41. The van der Waals surface area contributed by atoms with Crippen molar-refractivity contribution in [3.8, 4) is 6.07 Å². The van der Waals surface area contributed by atoms with Crippen LogP contribution in [-0.2, 0) is 6.42 Å². The van der Waals surface area contributed by atoms with Crippen molar-refractivity contribution in [2.75, 3.05) is 0 Å². The Morgan fingerprint density at radius 1 is 1.14 bits per heavy atom. The number of hydrogen-bond acceptors (Lipinski definition) is 6. The summed E-state index contributed by atoms with van der Waals surface area (Å²) in [6, 6.07) is 10.3. The molecule has 0 saturated carbocycles. The van der Waals surface area contributed by atoms with Crippen LogP contribution >= 0.6 is 0 Å². The topological polar surface area (TPSA) is 112 Å². The first kappa shape index (κ1) is 17.5. The molecule has 2 aromatic heterocycles. The molecule has 0 unspecified atom stereocenters. The quantitative estimate of drug-likeness (QED) is 0.671. The number of nitrogens with one attached hydrogen (secondary N) is 1. The fourth-order valence-electron chi connectivity index (χ4n) is 3.07. The minimum atomic E-state index is -0.171. The van der Waals surface area contributed by atoms with Crippen LogP contribution in [0.5, 0.6) is 0 Å². The molecule has 3 aromatic rings. The van der Waals surface area contributed by atoms with Crippen molar-refractivity contribution >= 4 is 28.3 Å². The number of aromatic amines is 1. The number of rotatable bonds is 6. The van der Waals surface area contributed by atoms with Crippen molar-refractivity contribution in [2.45, 2.75) is 19.3 Å². The molecular formula is C21H15N5O2. The number of fused-ring (bicyclic) bond motifs is 1. The highest BCUT2D eigenvalue weighted by Gasteiger charge is 2.17. The summed E-state index contributed by atoms with van der Waals surface area (Å²) in [7, 11) is 0. The number of benzene rings is 1.